The molecule has 0 heterocycles. The van der Waals surface area contributed by atoms with Gasteiger partial charge in [-0.25, -0.2) is 0 Å². The van der Waals surface area contributed by atoms with Gasteiger partial charge in [0, 0.05) is 17.0 Å². The van der Waals surface area contributed by atoms with Gasteiger partial charge in [-0.2, -0.15) is 11.8 Å². The Balaban J connectivity index is 3.65. The van der Waals surface area contributed by atoms with Gasteiger partial charge in [-0.1, -0.05) is 19.4 Å². The van der Waals surface area contributed by atoms with Crippen molar-refractivity contribution in [2.45, 2.75) is 44.9 Å². The quantitative estimate of drug-likeness (QED) is 0.635. The standard InChI is InChI=1S/C11H23NS/c1-6-10(4)13-8-11(12-5)7-9(2)3/h10-12H,2,6-8H2,1,3-5H3. The normalized spacial score (nSPS) is 15.4. The van der Waals surface area contributed by atoms with E-state index in [0.29, 0.717) is 6.04 Å². The van der Waals surface area contributed by atoms with Crippen LogP contribution < -0.4 is 5.32 Å². The minimum Gasteiger partial charge on any atom is -0.316 e. The van der Waals surface area contributed by atoms with Gasteiger partial charge in [0.15, 0.2) is 0 Å². The zero-order valence-electron chi connectivity index (χ0n) is 9.39. The molecule has 0 saturated heterocycles. The SMILES string of the molecule is C=C(C)CC(CSC(C)CC)NC. The highest BCUT2D eigenvalue weighted by molar-refractivity contribution is 7.99. The molecule has 0 aromatic heterocycles. The highest BCUT2D eigenvalue weighted by Crippen LogP contribution is 2.16. The van der Waals surface area contributed by atoms with Crippen molar-refractivity contribution in [2.75, 3.05) is 12.8 Å². The molecule has 2 heteroatoms. The highest BCUT2D eigenvalue weighted by Gasteiger charge is 2.08. The van der Waals surface area contributed by atoms with E-state index in [1.807, 2.05) is 18.8 Å². The van der Waals surface area contributed by atoms with Crippen molar-refractivity contribution in [3.8, 4) is 0 Å². The van der Waals surface area contributed by atoms with Crippen molar-refractivity contribution < 1.29 is 0 Å². The second kappa shape index (κ2) is 7.45. The highest BCUT2D eigenvalue weighted by atomic mass is 32.2. The fourth-order valence-electron chi connectivity index (χ4n) is 1.06. The number of hydrogen-bond donors (Lipinski definition) is 1. The number of hydrogen-bond acceptors (Lipinski definition) is 2. The summed E-state index contributed by atoms with van der Waals surface area (Å²) in [4.78, 5) is 0. The van der Waals surface area contributed by atoms with E-state index < -0.39 is 0 Å². The molecule has 0 aliphatic carbocycles. The molecule has 0 aromatic carbocycles. The molecule has 0 spiro atoms. The smallest absolute Gasteiger partial charge is 0.0192 e. The molecule has 0 fully saturated rings. The van der Waals surface area contributed by atoms with E-state index in [2.05, 4.69) is 32.7 Å². The van der Waals surface area contributed by atoms with Gasteiger partial charge in [0.2, 0.25) is 0 Å². The first-order chi connectivity index (χ1) is 6.10. The maximum Gasteiger partial charge on any atom is 0.0192 e. The van der Waals surface area contributed by atoms with Gasteiger partial charge in [0.25, 0.3) is 0 Å². The maximum atomic E-state index is 3.94. The van der Waals surface area contributed by atoms with Crippen LogP contribution >= 0.6 is 11.8 Å². The van der Waals surface area contributed by atoms with Crippen LogP contribution in [0.3, 0.4) is 0 Å². The molecule has 0 aliphatic heterocycles. The van der Waals surface area contributed by atoms with Crippen molar-refractivity contribution >= 4 is 11.8 Å². The largest absolute Gasteiger partial charge is 0.316 e. The predicted molar refractivity (Wildman–Crippen MR) is 64.5 cm³/mol. The summed E-state index contributed by atoms with van der Waals surface area (Å²) in [5.41, 5.74) is 1.27. The summed E-state index contributed by atoms with van der Waals surface area (Å²) in [6.45, 7) is 10.6. The van der Waals surface area contributed by atoms with Gasteiger partial charge in [-0.3, -0.25) is 0 Å². The zero-order chi connectivity index (χ0) is 10.3. The van der Waals surface area contributed by atoms with Crippen LogP contribution in [0.4, 0.5) is 0 Å². The summed E-state index contributed by atoms with van der Waals surface area (Å²) in [6, 6.07) is 0.594. The van der Waals surface area contributed by atoms with Crippen LogP contribution in [0, 0.1) is 0 Å². The van der Waals surface area contributed by atoms with E-state index in [0.717, 1.165) is 11.7 Å². The Kier molecular flexibility index (Phi) is 7.48. The first-order valence-electron chi connectivity index (χ1n) is 5.03. The third kappa shape index (κ3) is 7.15. The van der Waals surface area contributed by atoms with Gasteiger partial charge in [-0.15, -0.1) is 6.58 Å². The number of rotatable bonds is 7. The van der Waals surface area contributed by atoms with Gasteiger partial charge in [0.1, 0.15) is 0 Å². The minimum atomic E-state index is 0.594. The summed E-state index contributed by atoms with van der Waals surface area (Å²) in [6.07, 6.45) is 2.36. The van der Waals surface area contributed by atoms with Crippen LogP contribution in [0.1, 0.15) is 33.6 Å². The van der Waals surface area contributed by atoms with Crippen molar-refractivity contribution in [1.82, 2.24) is 5.32 Å². The van der Waals surface area contributed by atoms with Gasteiger partial charge < -0.3 is 5.32 Å². The summed E-state index contributed by atoms with van der Waals surface area (Å²) in [7, 11) is 2.03. The monoisotopic (exact) mass is 201 g/mol. The molecular formula is C11H23NS. The number of thioether (sulfide) groups is 1. The van der Waals surface area contributed by atoms with Crippen LogP contribution in [0.2, 0.25) is 0 Å². The molecule has 0 amide bonds. The Morgan fingerprint density at radius 1 is 1.54 bits per heavy atom. The Labute approximate surface area is 87.4 Å². The zero-order valence-corrected chi connectivity index (χ0v) is 10.2. The average Bonchev–Trinajstić information content (AvgIpc) is 2.10. The molecule has 78 valence electrons. The lowest BCUT2D eigenvalue weighted by molar-refractivity contribution is 0.613. The van der Waals surface area contributed by atoms with Crippen molar-refractivity contribution in [3.05, 3.63) is 12.2 Å². The van der Waals surface area contributed by atoms with E-state index in [4.69, 9.17) is 0 Å². The molecule has 0 aliphatic rings. The van der Waals surface area contributed by atoms with Gasteiger partial charge >= 0.3 is 0 Å². The predicted octanol–water partition coefficient (Wildman–Crippen LogP) is 3.07. The molecule has 0 bridgehead atoms. The molecule has 0 aromatic rings. The topological polar surface area (TPSA) is 12.0 Å². The first-order valence-corrected chi connectivity index (χ1v) is 6.08. The molecule has 1 N–H and O–H groups in total. The van der Waals surface area contributed by atoms with Gasteiger partial charge in [0.05, 0.1) is 0 Å². The Bertz CT molecular complexity index is 145. The van der Waals surface area contributed by atoms with E-state index in [1.54, 1.807) is 0 Å². The van der Waals surface area contributed by atoms with Crippen molar-refractivity contribution in [1.29, 1.82) is 0 Å². The minimum absolute atomic E-state index is 0.594. The van der Waals surface area contributed by atoms with E-state index in [9.17, 15) is 0 Å². The van der Waals surface area contributed by atoms with Crippen LogP contribution in [-0.2, 0) is 0 Å². The van der Waals surface area contributed by atoms with E-state index in [1.165, 1.54) is 17.7 Å². The first kappa shape index (κ1) is 13.1. The van der Waals surface area contributed by atoms with Crippen molar-refractivity contribution in [3.63, 3.8) is 0 Å². The second-order valence-electron chi connectivity index (χ2n) is 3.70. The lowest BCUT2D eigenvalue weighted by Crippen LogP contribution is -2.28. The molecule has 0 saturated carbocycles. The lowest BCUT2D eigenvalue weighted by Gasteiger charge is -2.17. The summed E-state index contributed by atoms with van der Waals surface area (Å²) in [5, 5.41) is 4.11. The molecule has 0 rings (SSSR count). The van der Waals surface area contributed by atoms with Crippen LogP contribution in [-0.4, -0.2) is 24.1 Å². The van der Waals surface area contributed by atoms with Crippen LogP contribution in [0.25, 0.3) is 0 Å². The average molecular weight is 201 g/mol. The Morgan fingerprint density at radius 3 is 2.54 bits per heavy atom. The second-order valence-corrected chi connectivity index (χ2v) is 5.17. The fourth-order valence-corrected chi connectivity index (χ4v) is 2.14. The summed E-state index contributed by atoms with van der Waals surface area (Å²) < 4.78 is 0. The van der Waals surface area contributed by atoms with Crippen molar-refractivity contribution in [2.24, 2.45) is 0 Å². The summed E-state index contributed by atoms with van der Waals surface area (Å²) in [5.74, 6) is 1.19. The lowest BCUT2D eigenvalue weighted by atomic mass is 10.1. The Hall–Kier alpha value is 0.0500. The third-order valence-electron chi connectivity index (χ3n) is 2.16. The fraction of sp³-hybridized carbons (Fsp3) is 0.818. The molecule has 2 atom stereocenters. The van der Waals surface area contributed by atoms with E-state index >= 15 is 0 Å². The van der Waals surface area contributed by atoms with Gasteiger partial charge in [-0.05, 0) is 26.8 Å². The third-order valence-corrected chi connectivity index (χ3v) is 3.66. The molecular weight excluding hydrogens is 178 g/mol. The Morgan fingerprint density at radius 2 is 2.15 bits per heavy atom. The van der Waals surface area contributed by atoms with Crippen LogP contribution in [0.15, 0.2) is 12.2 Å². The molecule has 2 unspecified atom stereocenters. The van der Waals surface area contributed by atoms with Crippen LogP contribution in [0.5, 0.6) is 0 Å². The summed E-state index contributed by atoms with van der Waals surface area (Å²) >= 11 is 2.05. The van der Waals surface area contributed by atoms with E-state index in [-0.39, 0.29) is 0 Å². The maximum absolute atomic E-state index is 3.94. The molecule has 13 heavy (non-hydrogen) atoms. The number of nitrogens with one attached hydrogen (secondary N) is 1. The molecule has 0 radical (unpaired) electrons. The molecule has 1 nitrogen and oxygen atoms in total.